The summed E-state index contributed by atoms with van der Waals surface area (Å²) in [6.07, 6.45) is 1.16. The van der Waals surface area contributed by atoms with Crippen LogP contribution in [0.1, 0.15) is 45.7 Å². The highest BCUT2D eigenvalue weighted by Crippen LogP contribution is 2.18. The third-order valence-corrected chi connectivity index (χ3v) is 3.51. The Hall–Kier alpha value is -1.06. The van der Waals surface area contributed by atoms with E-state index in [1.807, 2.05) is 0 Å². The van der Waals surface area contributed by atoms with Gasteiger partial charge in [0, 0.05) is 12.1 Å². The fourth-order valence-electron chi connectivity index (χ4n) is 2.17. The van der Waals surface area contributed by atoms with E-state index in [0.29, 0.717) is 18.0 Å². The van der Waals surface area contributed by atoms with E-state index in [1.165, 1.54) is 5.56 Å². The summed E-state index contributed by atoms with van der Waals surface area (Å²) in [5.74, 6) is 1.52. The molecule has 1 N–H and O–H groups in total. The van der Waals surface area contributed by atoms with E-state index in [-0.39, 0.29) is 0 Å². The van der Waals surface area contributed by atoms with Crippen molar-refractivity contribution in [1.29, 1.82) is 0 Å². The zero-order valence-corrected chi connectivity index (χ0v) is 14.5. The van der Waals surface area contributed by atoms with Gasteiger partial charge in [-0.1, -0.05) is 26.0 Å². The van der Waals surface area contributed by atoms with E-state index in [0.717, 1.165) is 25.3 Å². The molecule has 0 bridgehead atoms. The molecule has 0 aliphatic rings. The molecular weight excluding hydrogens is 260 g/mol. The molecule has 0 aliphatic heterocycles. The molecule has 0 spiro atoms. The first-order valence-electron chi connectivity index (χ1n) is 8.02. The highest BCUT2D eigenvalue weighted by molar-refractivity contribution is 5.29. The molecule has 0 saturated heterocycles. The topological polar surface area (TPSA) is 24.5 Å². The lowest BCUT2D eigenvalue weighted by Gasteiger charge is -2.22. The van der Waals surface area contributed by atoms with Crippen molar-refractivity contribution in [3.05, 3.63) is 29.8 Å². The number of hydrogen-bond acceptors (Lipinski definition) is 3. The second-order valence-electron chi connectivity index (χ2n) is 6.66. The van der Waals surface area contributed by atoms with Gasteiger partial charge >= 0.3 is 0 Å². The number of hydrogen-bond donors (Lipinski definition) is 1. The Balaban J connectivity index is 2.45. The zero-order valence-electron chi connectivity index (χ0n) is 14.5. The van der Waals surface area contributed by atoms with Crippen LogP contribution in [0.2, 0.25) is 0 Å². The maximum absolute atomic E-state index is 5.72. The summed E-state index contributed by atoms with van der Waals surface area (Å²) >= 11 is 0. The summed E-state index contributed by atoms with van der Waals surface area (Å²) in [4.78, 5) is 2.23. The van der Waals surface area contributed by atoms with Crippen molar-refractivity contribution < 1.29 is 4.74 Å². The first kappa shape index (κ1) is 18.0. The zero-order chi connectivity index (χ0) is 15.8. The standard InChI is InChI=1S/C18H32N2O/c1-14(2)13-21-18-9-7-17(8-10-18)16(4)19-15(3)11-12-20(5)6/h7-10,14-16,19H,11-13H2,1-6H3. The minimum absolute atomic E-state index is 0.362. The Kier molecular flexibility index (Phi) is 7.76. The highest BCUT2D eigenvalue weighted by atomic mass is 16.5. The van der Waals surface area contributed by atoms with Crippen molar-refractivity contribution in [3.63, 3.8) is 0 Å². The third-order valence-electron chi connectivity index (χ3n) is 3.51. The molecule has 0 aliphatic carbocycles. The van der Waals surface area contributed by atoms with E-state index in [4.69, 9.17) is 4.74 Å². The molecule has 3 nitrogen and oxygen atoms in total. The molecule has 1 rings (SSSR count). The number of nitrogens with one attached hydrogen (secondary N) is 1. The van der Waals surface area contributed by atoms with Crippen LogP contribution in [0.3, 0.4) is 0 Å². The first-order chi connectivity index (χ1) is 9.88. The molecule has 120 valence electrons. The molecule has 2 atom stereocenters. The smallest absolute Gasteiger partial charge is 0.119 e. The van der Waals surface area contributed by atoms with Gasteiger partial charge in [-0.25, -0.2) is 0 Å². The average Bonchev–Trinajstić information content (AvgIpc) is 2.43. The fourth-order valence-corrected chi connectivity index (χ4v) is 2.17. The number of ether oxygens (including phenoxy) is 1. The normalized spacial score (nSPS) is 14.5. The molecule has 0 fully saturated rings. The van der Waals surface area contributed by atoms with Gasteiger partial charge < -0.3 is 15.0 Å². The summed E-state index contributed by atoms with van der Waals surface area (Å²) in [6, 6.07) is 9.33. The summed E-state index contributed by atoms with van der Waals surface area (Å²) in [7, 11) is 4.23. The highest BCUT2D eigenvalue weighted by Gasteiger charge is 2.10. The Morgan fingerprint density at radius 3 is 2.19 bits per heavy atom. The molecule has 1 aromatic rings. The Morgan fingerprint density at radius 1 is 1.05 bits per heavy atom. The van der Waals surface area contributed by atoms with Crippen LogP contribution >= 0.6 is 0 Å². The van der Waals surface area contributed by atoms with Crippen LogP contribution in [0.5, 0.6) is 5.75 Å². The maximum Gasteiger partial charge on any atom is 0.119 e. The van der Waals surface area contributed by atoms with Gasteiger partial charge in [0.15, 0.2) is 0 Å². The van der Waals surface area contributed by atoms with Crippen molar-refractivity contribution in [3.8, 4) is 5.75 Å². The van der Waals surface area contributed by atoms with Crippen molar-refractivity contribution in [2.24, 2.45) is 5.92 Å². The van der Waals surface area contributed by atoms with Gasteiger partial charge in [-0.05, 0) is 64.5 Å². The van der Waals surface area contributed by atoms with Gasteiger partial charge in [0.1, 0.15) is 5.75 Å². The quantitative estimate of drug-likeness (QED) is 0.751. The molecule has 0 radical (unpaired) electrons. The molecule has 3 heteroatoms. The molecule has 0 heterocycles. The Labute approximate surface area is 130 Å². The van der Waals surface area contributed by atoms with E-state index in [9.17, 15) is 0 Å². The van der Waals surface area contributed by atoms with E-state index >= 15 is 0 Å². The molecule has 0 aromatic heterocycles. The lowest BCUT2D eigenvalue weighted by molar-refractivity contribution is 0.271. The van der Waals surface area contributed by atoms with Crippen LogP contribution in [0.4, 0.5) is 0 Å². The first-order valence-corrected chi connectivity index (χ1v) is 8.02. The number of benzene rings is 1. The molecule has 0 saturated carbocycles. The molecule has 21 heavy (non-hydrogen) atoms. The van der Waals surface area contributed by atoms with Gasteiger partial charge in [-0.15, -0.1) is 0 Å². The molecule has 1 aromatic carbocycles. The average molecular weight is 292 g/mol. The Bertz CT molecular complexity index is 387. The van der Waals surface area contributed by atoms with Crippen molar-refractivity contribution >= 4 is 0 Å². The summed E-state index contributed by atoms with van der Waals surface area (Å²) < 4.78 is 5.72. The van der Waals surface area contributed by atoms with E-state index in [1.54, 1.807) is 0 Å². The van der Waals surface area contributed by atoms with Crippen LogP contribution in [0.25, 0.3) is 0 Å². The van der Waals surface area contributed by atoms with Crippen LogP contribution < -0.4 is 10.1 Å². The second kappa shape index (κ2) is 9.06. The molecular formula is C18H32N2O. The summed E-state index contributed by atoms with van der Waals surface area (Å²) in [5.41, 5.74) is 1.31. The van der Waals surface area contributed by atoms with E-state index < -0.39 is 0 Å². The van der Waals surface area contributed by atoms with Gasteiger partial charge in [0.05, 0.1) is 6.61 Å². The lowest BCUT2D eigenvalue weighted by Crippen LogP contribution is -2.31. The molecule has 2 unspecified atom stereocenters. The third kappa shape index (κ3) is 7.49. The summed E-state index contributed by atoms with van der Waals surface area (Å²) in [5, 5.41) is 3.65. The summed E-state index contributed by atoms with van der Waals surface area (Å²) in [6.45, 7) is 10.7. The minimum atomic E-state index is 0.362. The number of rotatable bonds is 9. The minimum Gasteiger partial charge on any atom is -0.493 e. The predicted octanol–water partition coefficient (Wildman–Crippen LogP) is 3.71. The Morgan fingerprint density at radius 2 is 1.67 bits per heavy atom. The second-order valence-corrected chi connectivity index (χ2v) is 6.66. The van der Waals surface area contributed by atoms with Crippen molar-refractivity contribution in [2.75, 3.05) is 27.2 Å². The van der Waals surface area contributed by atoms with Gasteiger partial charge in [0.25, 0.3) is 0 Å². The largest absolute Gasteiger partial charge is 0.493 e. The van der Waals surface area contributed by atoms with E-state index in [2.05, 4.69) is 76.3 Å². The fraction of sp³-hybridized carbons (Fsp3) is 0.667. The van der Waals surface area contributed by atoms with Gasteiger partial charge in [-0.3, -0.25) is 0 Å². The van der Waals surface area contributed by atoms with Crippen molar-refractivity contribution in [1.82, 2.24) is 10.2 Å². The van der Waals surface area contributed by atoms with Crippen LogP contribution in [-0.2, 0) is 0 Å². The predicted molar refractivity (Wildman–Crippen MR) is 91.0 cm³/mol. The van der Waals surface area contributed by atoms with Crippen LogP contribution in [0, 0.1) is 5.92 Å². The van der Waals surface area contributed by atoms with Crippen LogP contribution in [-0.4, -0.2) is 38.2 Å². The van der Waals surface area contributed by atoms with Gasteiger partial charge in [-0.2, -0.15) is 0 Å². The van der Waals surface area contributed by atoms with Crippen LogP contribution in [0.15, 0.2) is 24.3 Å². The maximum atomic E-state index is 5.72. The SMILES string of the molecule is CC(C)COc1ccc(C(C)NC(C)CCN(C)C)cc1. The van der Waals surface area contributed by atoms with Crippen molar-refractivity contribution in [2.45, 2.75) is 46.2 Å². The van der Waals surface area contributed by atoms with Gasteiger partial charge in [0.2, 0.25) is 0 Å². The lowest BCUT2D eigenvalue weighted by atomic mass is 10.1. The number of nitrogens with zero attached hydrogens (tertiary/aromatic N) is 1. The molecule has 0 amide bonds. The monoisotopic (exact) mass is 292 g/mol.